The van der Waals surface area contributed by atoms with Crippen molar-refractivity contribution in [1.29, 1.82) is 0 Å². The summed E-state index contributed by atoms with van der Waals surface area (Å²) in [6.45, 7) is 2.37. The second kappa shape index (κ2) is 7.55. The predicted octanol–water partition coefficient (Wildman–Crippen LogP) is 2.85. The molecule has 2 aromatic rings. The van der Waals surface area contributed by atoms with Crippen LogP contribution in [-0.4, -0.2) is 29.4 Å². The van der Waals surface area contributed by atoms with Gasteiger partial charge < -0.3 is 16.0 Å². The van der Waals surface area contributed by atoms with E-state index in [1.807, 2.05) is 29.6 Å². The molecule has 24 heavy (non-hydrogen) atoms. The molecule has 3 rings (SSSR count). The van der Waals surface area contributed by atoms with E-state index in [4.69, 9.17) is 0 Å². The smallest absolute Gasteiger partial charge is 0.243 e. The van der Waals surface area contributed by atoms with Gasteiger partial charge in [0.15, 0.2) is 5.13 Å². The number of nitrogens with one attached hydrogen (secondary N) is 3. The second-order valence-electron chi connectivity index (χ2n) is 5.79. The molecule has 1 unspecified atom stereocenters. The van der Waals surface area contributed by atoms with Crippen molar-refractivity contribution in [2.75, 3.05) is 17.2 Å². The molecular formula is C17H20N4O2S. The average Bonchev–Trinajstić information content (AvgIpc) is 3.04. The normalized spacial score (nSPS) is 17.3. The minimum absolute atomic E-state index is 0.0170. The van der Waals surface area contributed by atoms with Crippen LogP contribution < -0.4 is 16.0 Å². The van der Waals surface area contributed by atoms with E-state index in [1.54, 1.807) is 0 Å². The topological polar surface area (TPSA) is 83.1 Å². The molecule has 1 aromatic carbocycles. The first-order valence-electron chi connectivity index (χ1n) is 7.99. The Morgan fingerprint density at radius 1 is 1.21 bits per heavy atom. The van der Waals surface area contributed by atoms with E-state index in [2.05, 4.69) is 20.9 Å². The number of nitrogens with zero attached hydrogens (tertiary/aromatic N) is 1. The van der Waals surface area contributed by atoms with Crippen molar-refractivity contribution in [1.82, 2.24) is 10.3 Å². The summed E-state index contributed by atoms with van der Waals surface area (Å²) in [5.74, 6) is -0.116. The van der Waals surface area contributed by atoms with Crippen LogP contribution in [0, 0.1) is 0 Å². The number of rotatable bonds is 4. The first kappa shape index (κ1) is 16.6. The van der Waals surface area contributed by atoms with Crippen molar-refractivity contribution in [2.24, 2.45) is 0 Å². The molecule has 6 nitrogen and oxygen atoms in total. The van der Waals surface area contributed by atoms with Gasteiger partial charge in [0.2, 0.25) is 11.8 Å². The minimum Gasteiger partial charge on any atom is -0.326 e. The molecule has 1 atom stereocenters. The lowest BCUT2D eigenvalue weighted by atomic mass is 10.0. The molecule has 0 saturated carbocycles. The van der Waals surface area contributed by atoms with Crippen molar-refractivity contribution in [3.63, 3.8) is 0 Å². The van der Waals surface area contributed by atoms with Crippen LogP contribution in [0.4, 0.5) is 10.8 Å². The van der Waals surface area contributed by atoms with E-state index < -0.39 is 0 Å². The van der Waals surface area contributed by atoms with Crippen LogP contribution in [0.5, 0.6) is 0 Å². The molecule has 7 heteroatoms. The van der Waals surface area contributed by atoms with Crippen molar-refractivity contribution < 1.29 is 9.59 Å². The summed E-state index contributed by atoms with van der Waals surface area (Å²) in [5, 5.41) is 11.4. The number of carbonyl (C=O) groups excluding carboxylic acids is 2. The van der Waals surface area contributed by atoms with E-state index in [-0.39, 0.29) is 17.9 Å². The third-order valence-corrected chi connectivity index (χ3v) is 4.62. The van der Waals surface area contributed by atoms with E-state index in [0.717, 1.165) is 42.8 Å². The molecule has 0 radical (unpaired) electrons. The SMILES string of the molecule is CC(=O)Nc1ccc(-c2csc(NC(=O)C3CCCCN3)n2)cc1. The lowest BCUT2D eigenvalue weighted by Crippen LogP contribution is -2.43. The van der Waals surface area contributed by atoms with Crippen molar-refractivity contribution in [3.8, 4) is 11.3 Å². The number of hydrogen-bond acceptors (Lipinski definition) is 5. The van der Waals surface area contributed by atoms with Gasteiger partial charge in [-0.3, -0.25) is 9.59 Å². The predicted molar refractivity (Wildman–Crippen MR) is 96.1 cm³/mol. The first-order valence-corrected chi connectivity index (χ1v) is 8.87. The Labute approximate surface area is 144 Å². The number of hydrogen-bond donors (Lipinski definition) is 3. The quantitative estimate of drug-likeness (QED) is 0.796. The Morgan fingerprint density at radius 3 is 2.67 bits per heavy atom. The van der Waals surface area contributed by atoms with Gasteiger partial charge in [0, 0.05) is 23.6 Å². The van der Waals surface area contributed by atoms with Gasteiger partial charge >= 0.3 is 0 Å². The van der Waals surface area contributed by atoms with Crippen LogP contribution in [-0.2, 0) is 9.59 Å². The maximum absolute atomic E-state index is 12.2. The average molecular weight is 344 g/mol. The fraction of sp³-hybridized carbons (Fsp3) is 0.353. The minimum atomic E-state index is -0.122. The molecule has 126 valence electrons. The lowest BCUT2D eigenvalue weighted by molar-refractivity contribution is -0.118. The molecule has 0 spiro atoms. The molecule has 1 fully saturated rings. The number of carbonyl (C=O) groups is 2. The highest BCUT2D eigenvalue weighted by Gasteiger charge is 2.21. The molecule has 1 saturated heterocycles. The Bertz CT molecular complexity index is 720. The number of amides is 2. The summed E-state index contributed by atoms with van der Waals surface area (Å²) in [6, 6.07) is 7.34. The first-order chi connectivity index (χ1) is 11.6. The zero-order valence-electron chi connectivity index (χ0n) is 13.5. The van der Waals surface area contributed by atoms with Crippen LogP contribution >= 0.6 is 11.3 Å². The van der Waals surface area contributed by atoms with Crippen LogP contribution in [0.15, 0.2) is 29.6 Å². The Morgan fingerprint density at radius 2 is 2.00 bits per heavy atom. The molecule has 0 bridgehead atoms. The fourth-order valence-corrected chi connectivity index (χ4v) is 3.38. The van der Waals surface area contributed by atoms with Gasteiger partial charge in [-0.2, -0.15) is 0 Å². The summed E-state index contributed by atoms with van der Waals surface area (Å²) in [5.41, 5.74) is 2.50. The largest absolute Gasteiger partial charge is 0.326 e. The number of thiazole rings is 1. The zero-order chi connectivity index (χ0) is 16.9. The Balaban J connectivity index is 1.64. The highest BCUT2D eigenvalue weighted by molar-refractivity contribution is 7.14. The van der Waals surface area contributed by atoms with E-state index in [1.165, 1.54) is 18.3 Å². The van der Waals surface area contributed by atoms with Crippen molar-refractivity contribution in [2.45, 2.75) is 32.2 Å². The van der Waals surface area contributed by atoms with Gasteiger partial charge in [-0.15, -0.1) is 11.3 Å². The molecule has 0 aliphatic carbocycles. The zero-order valence-corrected chi connectivity index (χ0v) is 14.3. The summed E-state index contributed by atoms with van der Waals surface area (Å²) in [6.07, 6.45) is 3.07. The monoisotopic (exact) mass is 344 g/mol. The number of aromatic nitrogens is 1. The van der Waals surface area contributed by atoms with Gasteiger partial charge in [-0.1, -0.05) is 18.6 Å². The van der Waals surface area contributed by atoms with Gasteiger partial charge in [0.1, 0.15) is 0 Å². The molecule has 1 aliphatic heterocycles. The van der Waals surface area contributed by atoms with E-state index in [9.17, 15) is 9.59 Å². The standard InChI is InChI=1S/C17H20N4O2S/c1-11(22)19-13-7-5-12(6-8-13)15-10-24-17(20-15)21-16(23)14-4-2-3-9-18-14/h5-8,10,14,18H,2-4,9H2,1H3,(H,19,22)(H,20,21,23). The van der Waals surface area contributed by atoms with Crippen LogP contribution in [0.1, 0.15) is 26.2 Å². The van der Waals surface area contributed by atoms with Crippen LogP contribution in [0.25, 0.3) is 11.3 Å². The maximum Gasteiger partial charge on any atom is 0.243 e. The molecule has 2 heterocycles. The number of benzene rings is 1. The lowest BCUT2D eigenvalue weighted by Gasteiger charge is -2.21. The summed E-state index contributed by atoms with van der Waals surface area (Å²) in [4.78, 5) is 27.7. The van der Waals surface area contributed by atoms with Gasteiger partial charge in [0.25, 0.3) is 0 Å². The van der Waals surface area contributed by atoms with Gasteiger partial charge in [0.05, 0.1) is 11.7 Å². The van der Waals surface area contributed by atoms with Gasteiger partial charge in [-0.05, 0) is 31.5 Å². The highest BCUT2D eigenvalue weighted by atomic mass is 32.1. The van der Waals surface area contributed by atoms with E-state index in [0.29, 0.717) is 5.13 Å². The summed E-state index contributed by atoms with van der Waals surface area (Å²) >= 11 is 1.41. The number of anilines is 2. The molecule has 3 N–H and O–H groups in total. The molecular weight excluding hydrogens is 324 g/mol. The van der Waals surface area contributed by atoms with Gasteiger partial charge in [-0.25, -0.2) is 4.98 Å². The maximum atomic E-state index is 12.2. The molecule has 1 aliphatic rings. The van der Waals surface area contributed by atoms with Crippen molar-refractivity contribution in [3.05, 3.63) is 29.6 Å². The second-order valence-corrected chi connectivity index (χ2v) is 6.65. The molecule has 2 amide bonds. The fourth-order valence-electron chi connectivity index (χ4n) is 2.66. The summed E-state index contributed by atoms with van der Waals surface area (Å²) < 4.78 is 0. The third-order valence-electron chi connectivity index (χ3n) is 3.86. The molecule has 1 aromatic heterocycles. The van der Waals surface area contributed by atoms with Crippen molar-refractivity contribution >= 4 is 34.0 Å². The highest BCUT2D eigenvalue weighted by Crippen LogP contribution is 2.26. The Hall–Kier alpha value is -2.25. The Kier molecular flexibility index (Phi) is 5.22. The van der Waals surface area contributed by atoms with Crippen LogP contribution in [0.3, 0.4) is 0 Å². The summed E-state index contributed by atoms with van der Waals surface area (Å²) in [7, 11) is 0. The van der Waals surface area contributed by atoms with Crippen LogP contribution in [0.2, 0.25) is 0 Å². The van der Waals surface area contributed by atoms with E-state index >= 15 is 0 Å². The number of piperidine rings is 1. The third kappa shape index (κ3) is 4.18.